The van der Waals surface area contributed by atoms with Crippen molar-refractivity contribution >= 4 is 28.4 Å². The lowest BCUT2D eigenvalue weighted by Crippen LogP contribution is -2.44. The van der Waals surface area contributed by atoms with Crippen LogP contribution in [0.25, 0.3) is 0 Å². The Hall–Kier alpha value is -4.54. The van der Waals surface area contributed by atoms with Gasteiger partial charge in [0.15, 0.2) is 10.7 Å². The van der Waals surface area contributed by atoms with Crippen LogP contribution in [0.1, 0.15) is 0 Å². The third kappa shape index (κ3) is 3.78. The number of nitro benzene ring substituents is 2. The summed E-state index contributed by atoms with van der Waals surface area (Å²) in [7, 11) is 0. The van der Waals surface area contributed by atoms with Crippen LogP contribution in [0.2, 0.25) is 0 Å². The smallest absolute Gasteiger partial charge is 0.258 e. The predicted octanol–water partition coefficient (Wildman–Crippen LogP) is 4.25. The summed E-state index contributed by atoms with van der Waals surface area (Å²) in [5, 5.41) is 35.8. The van der Waals surface area contributed by atoms with Crippen LogP contribution in [0.15, 0.2) is 78.9 Å². The summed E-state index contributed by atoms with van der Waals surface area (Å²) in [6.07, 6.45) is 0. The number of anilines is 3. The lowest BCUT2D eigenvalue weighted by molar-refractivity contribution is -0.495. The molecule has 146 valence electrons. The predicted molar refractivity (Wildman–Crippen MR) is 104 cm³/mol. The highest BCUT2D eigenvalue weighted by Gasteiger charge is 2.37. The molecule has 0 aliphatic heterocycles. The van der Waals surface area contributed by atoms with Gasteiger partial charge in [-0.1, -0.05) is 42.5 Å². The number of nitro groups is 3. The Morgan fingerprint density at radius 3 is 1.66 bits per heavy atom. The van der Waals surface area contributed by atoms with Crippen molar-refractivity contribution < 1.29 is 14.9 Å². The van der Waals surface area contributed by atoms with Crippen molar-refractivity contribution in [3.63, 3.8) is 0 Å². The molecule has 3 aromatic carbocycles. The van der Waals surface area contributed by atoms with Crippen LogP contribution in [0.4, 0.5) is 28.4 Å². The monoisotopic (exact) mass is 395 g/mol. The maximum atomic E-state index is 12.0. The summed E-state index contributed by atoms with van der Waals surface area (Å²) in [6.45, 7) is 0. The van der Waals surface area contributed by atoms with Gasteiger partial charge in [-0.25, -0.2) is 10.1 Å². The van der Waals surface area contributed by atoms with Crippen molar-refractivity contribution in [2.24, 2.45) is 0 Å². The van der Waals surface area contributed by atoms with E-state index in [1.807, 2.05) is 0 Å². The molecular formula is C18H13N5O6. The molecule has 3 aromatic rings. The van der Waals surface area contributed by atoms with Gasteiger partial charge in [0, 0.05) is 11.2 Å². The molecule has 0 radical (unpaired) electrons. The van der Waals surface area contributed by atoms with Gasteiger partial charge in [0.05, 0.1) is 15.5 Å². The summed E-state index contributed by atoms with van der Waals surface area (Å²) in [5.74, 6) is 0. The minimum absolute atomic E-state index is 0.0992. The maximum absolute atomic E-state index is 12.0. The fraction of sp³-hybridized carbons (Fsp3) is 0. The van der Waals surface area contributed by atoms with Crippen molar-refractivity contribution in [1.29, 1.82) is 0 Å². The number of benzene rings is 3. The standard InChI is InChI=1S/C18H13N5O6/c24-21(25)17-13-7-12-16(18(17)22(26)27)19(14-8-3-1-4-9-14)20(23(28)29)15-10-5-2-6-11-15/h1-13H. The third-order valence-corrected chi connectivity index (χ3v) is 3.93. The largest absolute Gasteiger partial charge is 0.371 e. The molecule has 0 heterocycles. The average Bonchev–Trinajstić information content (AvgIpc) is 2.72. The molecular weight excluding hydrogens is 382 g/mol. The molecule has 11 heteroatoms. The van der Waals surface area contributed by atoms with E-state index in [1.165, 1.54) is 36.4 Å². The molecule has 0 atom stereocenters. The van der Waals surface area contributed by atoms with Crippen LogP contribution >= 0.6 is 0 Å². The van der Waals surface area contributed by atoms with E-state index in [0.717, 1.165) is 11.1 Å². The highest BCUT2D eigenvalue weighted by atomic mass is 16.7. The fourth-order valence-electron chi connectivity index (χ4n) is 2.79. The van der Waals surface area contributed by atoms with E-state index in [0.29, 0.717) is 5.12 Å². The number of hydrogen-bond donors (Lipinski definition) is 0. The van der Waals surface area contributed by atoms with Gasteiger partial charge in [-0.05, 0) is 30.3 Å². The zero-order chi connectivity index (χ0) is 21.0. The molecule has 3 rings (SSSR count). The quantitative estimate of drug-likeness (QED) is 0.428. The number of hydrazine groups is 2. The van der Waals surface area contributed by atoms with E-state index < -0.39 is 26.3 Å². The second-order valence-electron chi connectivity index (χ2n) is 5.67. The zero-order valence-electron chi connectivity index (χ0n) is 14.7. The molecule has 0 bridgehead atoms. The van der Waals surface area contributed by atoms with Gasteiger partial charge in [0.2, 0.25) is 0 Å². The topological polar surface area (TPSA) is 136 Å². The fourth-order valence-corrected chi connectivity index (χ4v) is 2.79. The molecule has 0 N–H and O–H groups in total. The first-order valence-corrected chi connectivity index (χ1v) is 8.18. The Balaban J connectivity index is 2.34. The second kappa shape index (κ2) is 8.00. The average molecular weight is 395 g/mol. The van der Waals surface area contributed by atoms with Crippen molar-refractivity contribution in [3.05, 3.63) is 109 Å². The van der Waals surface area contributed by atoms with Crippen LogP contribution in [-0.2, 0) is 0 Å². The molecule has 0 aliphatic carbocycles. The second-order valence-corrected chi connectivity index (χ2v) is 5.67. The molecule has 11 nitrogen and oxygen atoms in total. The third-order valence-electron chi connectivity index (χ3n) is 3.93. The Bertz CT molecular complexity index is 1060. The Morgan fingerprint density at radius 2 is 1.17 bits per heavy atom. The molecule has 0 amide bonds. The molecule has 29 heavy (non-hydrogen) atoms. The molecule has 0 aromatic heterocycles. The molecule has 0 saturated carbocycles. The lowest BCUT2D eigenvalue weighted by atomic mass is 10.2. The summed E-state index contributed by atoms with van der Waals surface area (Å²) in [5.41, 5.74) is -1.65. The van der Waals surface area contributed by atoms with Gasteiger partial charge in [0.25, 0.3) is 0 Å². The van der Waals surface area contributed by atoms with Gasteiger partial charge in [-0.3, -0.25) is 20.2 Å². The van der Waals surface area contributed by atoms with Gasteiger partial charge >= 0.3 is 11.4 Å². The number of para-hydroxylation sites is 3. The first-order valence-electron chi connectivity index (χ1n) is 8.18. The van der Waals surface area contributed by atoms with Crippen LogP contribution < -0.4 is 10.1 Å². The van der Waals surface area contributed by atoms with E-state index in [9.17, 15) is 30.3 Å². The van der Waals surface area contributed by atoms with E-state index in [4.69, 9.17) is 0 Å². The van der Waals surface area contributed by atoms with Crippen molar-refractivity contribution in [2.75, 3.05) is 10.1 Å². The molecule has 0 saturated heterocycles. The molecule has 0 spiro atoms. The molecule has 0 aliphatic rings. The Kier molecular flexibility index (Phi) is 5.30. The summed E-state index contributed by atoms with van der Waals surface area (Å²) >= 11 is 0. The minimum atomic E-state index is -0.924. The first kappa shape index (κ1) is 19.2. The molecule has 0 fully saturated rings. The summed E-state index contributed by atoms with van der Waals surface area (Å²) < 4.78 is 0. The highest BCUT2D eigenvalue weighted by molar-refractivity contribution is 5.80. The number of rotatable bonds is 7. The van der Waals surface area contributed by atoms with Gasteiger partial charge < -0.3 is 0 Å². The zero-order valence-corrected chi connectivity index (χ0v) is 14.7. The van der Waals surface area contributed by atoms with E-state index in [2.05, 4.69) is 0 Å². The van der Waals surface area contributed by atoms with E-state index in [-0.39, 0.29) is 17.1 Å². The van der Waals surface area contributed by atoms with Gasteiger partial charge in [0.1, 0.15) is 5.69 Å². The van der Waals surface area contributed by atoms with Crippen LogP contribution in [0.5, 0.6) is 0 Å². The Labute approximate surface area is 163 Å². The van der Waals surface area contributed by atoms with Crippen molar-refractivity contribution in [1.82, 2.24) is 0 Å². The van der Waals surface area contributed by atoms with E-state index in [1.54, 1.807) is 36.4 Å². The Morgan fingerprint density at radius 1 is 0.621 bits per heavy atom. The summed E-state index contributed by atoms with van der Waals surface area (Å²) in [6, 6.07) is 19.0. The summed E-state index contributed by atoms with van der Waals surface area (Å²) in [4.78, 5) is 33.2. The molecule has 0 unspecified atom stereocenters. The van der Waals surface area contributed by atoms with Gasteiger partial charge in [-0.2, -0.15) is 5.01 Å². The maximum Gasteiger partial charge on any atom is 0.371 e. The number of hydrogen-bond acceptors (Lipinski definition) is 7. The number of nitrogens with zero attached hydrogens (tertiary/aromatic N) is 5. The van der Waals surface area contributed by atoms with Crippen molar-refractivity contribution in [2.45, 2.75) is 0 Å². The highest BCUT2D eigenvalue weighted by Crippen LogP contribution is 2.41. The normalized spacial score (nSPS) is 10.2. The van der Waals surface area contributed by atoms with Crippen LogP contribution in [0, 0.1) is 30.3 Å². The minimum Gasteiger partial charge on any atom is -0.258 e. The first-order chi connectivity index (χ1) is 13.9. The van der Waals surface area contributed by atoms with Crippen LogP contribution in [-0.4, -0.2) is 14.9 Å². The van der Waals surface area contributed by atoms with Gasteiger partial charge in [-0.15, -0.1) is 0 Å². The van der Waals surface area contributed by atoms with E-state index >= 15 is 0 Å². The SMILES string of the molecule is O=[N+]([O-])c1cccc(N(c2ccccc2)N(c2ccccc2)[N+](=O)[O-])c1[N+](=O)[O-]. The lowest BCUT2D eigenvalue weighted by Gasteiger charge is -2.29. The van der Waals surface area contributed by atoms with Crippen molar-refractivity contribution in [3.8, 4) is 0 Å². The van der Waals surface area contributed by atoms with Crippen LogP contribution in [0.3, 0.4) is 0 Å².